The van der Waals surface area contributed by atoms with Crippen molar-refractivity contribution in [2.75, 3.05) is 11.1 Å². The van der Waals surface area contributed by atoms with Gasteiger partial charge in [0.1, 0.15) is 18.0 Å². The van der Waals surface area contributed by atoms with E-state index in [9.17, 15) is 23.9 Å². The Morgan fingerprint density at radius 1 is 1.06 bits per heavy atom. The molecule has 0 aliphatic carbocycles. The van der Waals surface area contributed by atoms with Gasteiger partial charge < -0.3 is 26.2 Å². The quantitative estimate of drug-likeness (QED) is 0.396. The Kier molecular flexibility index (Phi) is 6.96. The van der Waals surface area contributed by atoms with Crippen molar-refractivity contribution in [3.05, 3.63) is 78.2 Å². The number of nitrogens with zero attached hydrogens (tertiary/aromatic N) is 1. The van der Waals surface area contributed by atoms with Crippen molar-refractivity contribution in [1.82, 2.24) is 10.3 Å². The number of benzene rings is 2. The average Bonchev–Trinajstić information content (AvgIpc) is 2.74. The second kappa shape index (κ2) is 10.0. The van der Waals surface area contributed by atoms with Crippen LogP contribution in [-0.2, 0) is 14.4 Å². The van der Waals surface area contributed by atoms with Gasteiger partial charge in [-0.3, -0.25) is 9.59 Å². The topological polar surface area (TPSA) is 144 Å². The lowest BCUT2D eigenvalue weighted by atomic mass is 10.1. The van der Waals surface area contributed by atoms with E-state index in [1.54, 1.807) is 30.3 Å². The molecule has 0 unspecified atom stereocenters. The highest BCUT2D eigenvalue weighted by Gasteiger charge is 2.23. The number of carbonyl (C=O) groups excluding carboxylic acids is 2. The van der Waals surface area contributed by atoms with Crippen LogP contribution in [0.15, 0.2) is 66.9 Å². The van der Waals surface area contributed by atoms with E-state index in [1.807, 2.05) is 0 Å². The summed E-state index contributed by atoms with van der Waals surface area (Å²) in [4.78, 5) is 39.5. The van der Waals surface area contributed by atoms with Crippen molar-refractivity contribution in [2.45, 2.75) is 12.5 Å². The predicted octanol–water partition coefficient (Wildman–Crippen LogP) is 2.87. The van der Waals surface area contributed by atoms with E-state index < -0.39 is 36.1 Å². The maximum absolute atomic E-state index is 14.3. The molecule has 164 valence electrons. The molecule has 0 saturated heterocycles. The molecule has 1 heterocycles. The normalized spacial score (nSPS) is 11.3. The summed E-state index contributed by atoms with van der Waals surface area (Å²) in [6, 6.07) is 13.4. The first-order chi connectivity index (χ1) is 15.3. The highest BCUT2D eigenvalue weighted by Crippen LogP contribution is 2.27. The lowest BCUT2D eigenvalue weighted by molar-refractivity contribution is -0.142. The summed E-state index contributed by atoms with van der Waals surface area (Å²) < 4.78 is 19.7. The minimum atomic E-state index is -1.30. The van der Waals surface area contributed by atoms with Crippen LogP contribution in [0.2, 0.25) is 0 Å². The largest absolute Gasteiger partial charge is 0.479 e. The van der Waals surface area contributed by atoms with E-state index in [-0.39, 0.29) is 23.0 Å². The number of ether oxygens (including phenoxy) is 1. The molecule has 0 spiro atoms. The van der Waals surface area contributed by atoms with Gasteiger partial charge in [-0.05, 0) is 23.8 Å². The summed E-state index contributed by atoms with van der Waals surface area (Å²) in [5.74, 6) is -3.16. The van der Waals surface area contributed by atoms with Crippen LogP contribution in [0.3, 0.4) is 0 Å². The van der Waals surface area contributed by atoms with Crippen LogP contribution in [0.25, 0.3) is 0 Å². The molecular weight excluding hydrogens is 419 g/mol. The smallest absolute Gasteiger partial charge is 0.330 e. The van der Waals surface area contributed by atoms with E-state index in [1.165, 1.54) is 30.5 Å². The lowest BCUT2D eigenvalue weighted by Gasteiger charge is -2.15. The molecule has 1 atom stereocenters. The predicted molar refractivity (Wildman–Crippen MR) is 113 cm³/mol. The molecule has 2 aromatic carbocycles. The van der Waals surface area contributed by atoms with Gasteiger partial charge in [0.25, 0.3) is 0 Å². The lowest BCUT2D eigenvalue weighted by Crippen LogP contribution is -2.35. The van der Waals surface area contributed by atoms with E-state index >= 15 is 0 Å². The molecule has 9 nitrogen and oxygen atoms in total. The van der Waals surface area contributed by atoms with Gasteiger partial charge in [-0.25, -0.2) is 14.2 Å². The van der Waals surface area contributed by atoms with Crippen molar-refractivity contribution in [2.24, 2.45) is 0 Å². The Balaban J connectivity index is 1.58. The van der Waals surface area contributed by atoms with E-state index in [0.29, 0.717) is 5.56 Å². The third-order valence-corrected chi connectivity index (χ3v) is 4.20. The van der Waals surface area contributed by atoms with Crippen molar-refractivity contribution in [3.63, 3.8) is 0 Å². The number of nitrogens with one attached hydrogen (secondary N) is 2. The first kappa shape index (κ1) is 22.2. The minimum absolute atomic E-state index is 0.0970. The fraction of sp³-hybridized carbons (Fsp3) is 0.0909. The number of amides is 2. The van der Waals surface area contributed by atoms with E-state index in [0.717, 1.165) is 6.07 Å². The standard InChI is InChI=1S/C22H19FN4O5/c23-16-10-14(6-7-17(16)32-15-8-9-25-18(24)11-15)26-19(28)12-20(29)27-21(22(30)31)13-4-2-1-3-5-13/h1-11,21H,12H2,(H2,24,25)(H,26,28)(H,27,29)(H,30,31)/t21-/m0/s1. The van der Waals surface area contributed by atoms with Crippen molar-refractivity contribution in [3.8, 4) is 11.5 Å². The molecule has 0 aliphatic heterocycles. The van der Waals surface area contributed by atoms with Gasteiger partial charge in [-0.2, -0.15) is 0 Å². The Labute approximate surface area is 182 Å². The third kappa shape index (κ3) is 6.02. The molecule has 2 amide bonds. The number of anilines is 2. The Hall–Kier alpha value is -4.47. The number of pyridine rings is 1. The number of carboxylic acids is 1. The molecular formula is C22H19FN4O5. The van der Waals surface area contributed by atoms with Gasteiger partial charge in [0.15, 0.2) is 17.6 Å². The first-order valence-corrected chi connectivity index (χ1v) is 9.37. The number of aliphatic carboxylic acids is 1. The number of carboxylic acid groups (broad SMARTS) is 1. The molecule has 0 radical (unpaired) electrons. The SMILES string of the molecule is Nc1cc(Oc2ccc(NC(=O)CC(=O)N[C@H](C(=O)O)c3ccccc3)cc2F)ccn1. The second-order valence-electron chi connectivity index (χ2n) is 6.64. The van der Waals surface area contributed by atoms with E-state index in [4.69, 9.17) is 10.5 Å². The van der Waals surface area contributed by atoms with Gasteiger partial charge in [0.05, 0.1) is 0 Å². The summed E-state index contributed by atoms with van der Waals surface area (Å²) in [5, 5.41) is 14.0. The van der Waals surface area contributed by atoms with Crippen LogP contribution in [0.1, 0.15) is 18.0 Å². The molecule has 1 aromatic heterocycles. The summed E-state index contributed by atoms with van der Waals surface area (Å²) in [7, 11) is 0. The fourth-order valence-corrected chi connectivity index (χ4v) is 2.78. The third-order valence-electron chi connectivity index (χ3n) is 4.20. The first-order valence-electron chi connectivity index (χ1n) is 9.37. The number of hydrogen-bond donors (Lipinski definition) is 4. The molecule has 0 aliphatic rings. The molecule has 3 rings (SSSR count). The Morgan fingerprint density at radius 3 is 2.47 bits per heavy atom. The van der Waals surface area contributed by atoms with Crippen LogP contribution in [0, 0.1) is 5.82 Å². The molecule has 5 N–H and O–H groups in total. The number of carbonyl (C=O) groups is 3. The summed E-state index contributed by atoms with van der Waals surface area (Å²) in [5.41, 5.74) is 6.01. The van der Waals surface area contributed by atoms with Crippen LogP contribution in [0.5, 0.6) is 11.5 Å². The van der Waals surface area contributed by atoms with Crippen LogP contribution in [0.4, 0.5) is 15.9 Å². The molecule has 3 aromatic rings. The minimum Gasteiger partial charge on any atom is -0.479 e. The molecule has 32 heavy (non-hydrogen) atoms. The van der Waals surface area contributed by atoms with Crippen molar-refractivity contribution < 1.29 is 28.6 Å². The van der Waals surface area contributed by atoms with Gasteiger partial charge in [-0.15, -0.1) is 0 Å². The average molecular weight is 438 g/mol. The maximum Gasteiger partial charge on any atom is 0.330 e. The Bertz CT molecular complexity index is 1140. The van der Waals surface area contributed by atoms with Gasteiger partial charge in [0, 0.05) is 24.0 Å². The molecule has 0 bridgehead atoms. The van der Waals surface area contributed by atoms with Crippen LogP contribution < -0.4 is 21.1 Å². The zero-order valence-corrected chi connectivity index (χ0v) is 16.6. The summed E-state index contributed by atoms with van der Waals surface area (Å²) in [6.07, 6.45) is 0.766. The van der Waals surface area contributed by atoms with Gasteiger partial charge in [-0.1, -0.05) is 30.3 Å². The van der Waals surface area contributed by atoms with Gasteiger partial charge >= 0.3 is 5.97 Å². The monoisotopic (exact) mass is 438 g/mol. The molecule has 0 saturated carbocycles. The van der Waals surface area contributed by atoms with Crippen molar-refractivity contribution >= 4 is 29.3 Å². The Morgan fingerprint density at radius 2 is 1.81 bits per heavy atom. The highest BCUT2D eigenvalue weighted by atomic mass is 19.1. The number of rotatable bonds is 8. The number of aromatic nitrogens is 1. The van der Waals surface area contributed by atoms with Gasteiger partial charge in [0.2, 0.25) is 11.8 Å². The van der Waals surface area contributed by atoms with Crippen LogP contribution >= 0.6 is 0 Å². The number of nitrogen functional groups attached to an aromatic ring is 1. The zero-order chi connectivity index (χ0) is 23.1. The highest BCUT2D eigenvalue weighted by molar-refractivity contribution is 6.04. The molecule has 0 fully saturated rings. The number of hydrogen-bond acceptors (Lipinski definition) is 6. The van der Waals surface area contributed by atoms with E-state index in [2.05, 4.69) is 15.6 Å². The summed E-state index contributed by atoms with van der Waals surface area (Å²) >= 11 is 0. The molecule has 10 heteroatoms. The second-order valence-corrected chi connectivity index (χ2v) is 6.64. The fourth-order valence-electron chi connectivity index (χ4n) is 2.78. The summed E-state index contributed by atoms with van der Waals surface area (Å²) in [6.45, 7) is 0. The van der Waals surface area contributed by atoms with Crippen molar-refractivity contribution in [1.29, 1.82) is 0 Å². The number of halogens is 1. The number of nitrogens with two attached hydrogens (primary N) is 1. The maximum atomic E-state index is 14.3. The van der Waals surface area contributed by atoms with Crippen LogP contribution in [-0.4, -0.2) is 27.9 Å². The zero-order valence-electron chi connectivity index (χ0n) is 16.6.